The molecule has 0 bridgehead atoms. The molecule has 1 heterocycles. The zero-order valence-corrected chi connectivity index (χ0v) is 21.5. The Hall–Kier alpha value is -2.36. The van der Waals surface area contributed by atoms with Crippen LogP contribution in [0.1, 0.15) is 36.4 Å². The summed E-state index contributed by atoms with van der Waals surface area (Å²) in [5, 5.41) is 37.4. The van der Waals surface area contributed by atoms with Gasteiger partial charge in [0.25, 0.3) is 0 Å². The molecule has 3 aromatic rings. The van der Waals surface area contributed by atoms with Gasteiger partial charge < -0.3 is 24.8 Å². The molecule has 0 radical (unpaired) electrons. The first kappa shape index (κ1) is 27.2. The Morgan fingerprint density at radius 3 is 2.26 bits per heavy atom. The zero-order chi connectivity index (χ0) is 25.6. The summed E-state index contributed by atoms with van der Waals surface area (Å²) in [4.78, 5) is 0. The minimum atomic E-state index is -0.786. The maximum atomic E-state index is 10.3. The van der Waals surface area contributed by atoms with Crippen LogP contribution in [0.25, 0.3) is 0 Å². The summed E-state index contributed by atoms with van der Waals surface area (Å²) in [5.74, 6) is 1.22. The molecule has 0 spiro atoms. The van der Waals surface area contributed by atoms with Gasteiger partial charge in [-0.05, 0) is 42.3 Å². The van der Waals surface area contributed by atoms with Gasteiger partial charge in [0.15, 0.2) is 0 Å². The molecule has 8 nitrogen and oxygen atoms in total. The SMILES string of the molecule is Cc1c(CO)nnn1C[C@@H](O)COc1ccc(C(C)(C)c2ccc(OC[C@@H](O)CCl)c(Cl)c2)cc1. The van der Waals surface area contributed by atoms with Crippen LogP contribution in [0, 0.1) is 6.92 Å². The number of aliphatic hydroxyl groups is 3. The Morgan fingerprint density at radius 1 is 1.00 bits per heavy atom. The molecule has 0 saturated heterocycles. The summed E-state index contributed by atoms with van der Waals surface area (Å²) < 4.78 is 12.8. The Labute approximate surface area is 215 Å². The second-order valence-electron chi connectivity index (χ2n) is 8.84. The fourth-order valence-corrected chi connectivity index (χ4v) is 3.86. The van der Waals surface area contributed by atoms with E-state index in [0.29, 0.717) is 27.9 Å². The molecule has 2 aromatic carbocycles. The van der Waals surface area contributed by atoms with Crippen LogP contribution in [0.4, 0.5) is 0 Å². The van der Waals surface area contributed by atoms with Crippen LogP contribution in [0.3, 0.4) is 0 Å². The summed E-state index contributed by atoms with van der Waals surface area (Å²) in [7, 11) is 0. The molecule has 0 aliphatic carbocycles. The molecular formula is C25H31Cl2N3O5. The molecule has 0 unspecified atom stereocenters. The van der Waals surface area contributed by atoms with Gasteiger partial charge in [0, 0.05) is 5.41 Å². The van der Waals surface area contributed by atoms with E-state index in [9.17, 15) is 15.3 Å². The average Bonchev–Trinajstić information content (AvgIpc) is 3.20. The third-order valence-electron chi connectivity index (χ3n) is 5.89. The van der Waals surface area contributed by atoms with E-state index in [1.54, 1.807) is 17.7 Å². The van der Waals surface area contributed by atoms with E-state index in [1.165, 1.54) is 0 Å². The van der Waals surface area contributed by atoms with Crippen LogP contribution in [-0.4, -0.2) is 61.6 Å². The highest BCUT2D eigenvalue weighted by molar-refractivity contribution is 6.32. The van der Waals surface area contributed by atoms with Crippen molar-refractivity contribution in [2.24, 2.45) is 0 Å². The highest BCUT2D eigenvalue weighted by atomic mass is 35.5. The van der Waals surface area contributed by atoms with Crippen molar-refractivity contribution in [2.75, 3.05) is 19.1 Å². The molecule has 35 heavy (non-hydrogen) atoms. The molecule has 1 aromatic heterocycles. The van der Waals surface area contributed by atoms with Crippen molar-refractivity contribution in [3.05, 3.63) is 70.0 Å². The average molecular weight is 524 g/mol. The molecule has 0 saturated carbocycles. The summed E-state index contributed by atoms with van der Waals surface area (Å²) in [6.07, 6.45) is -1.54. The monoisotopic (exact) mass is 523 g/mol. The Bertz CT molecular complexity index is 1100. The molecule has 0 fully saturated rings. The van der Waals surface area contributed by atoms with E-state index in [2.05, 4.69) is 24.2 Å². The van der Waals surface area contributed by atoms with Crippen molar-refractivity contribution < 1.29 is 24.8 Å². The van der Waals surface area contributed by atoms with Crippen LogP contribution in [0.15, 0.2) is 42.5 Å². The number of alkyl halides is 1. The van der Waals surface area contributed by atoms with Crippen LogP contribution in [0.5, 0.6) is 11.5 Å². The number of rotatable bonds is 12. The Balaban J connectivity index is 1.60. The molecule has 0 amide bonds. The van der Waals surface area contributed by atoms with Gasteiger partial charge in [-0.25, -0.2) is 4.68 Å². The number of aromatic nitrogens is 3. The van der Waals surface area contributed by atoms with E-state index < -0.39 is 12.2 Å². The fraction of sp³-hybridized carbons (Fsp3) is 0.440. The van der Waals surface area contributed by atoms with Crippen LogP contribution >= 0.6 is 23.2 Å². The Morgan fingerprint density at radius 2 is 1.66 bits per heavy atom. The smallest absolute Gasteiger partial charge is 0.138 e. The van der Waals surface area contributed by atoms with Gasteiger partial charge in [0.1, 0.15) is 42.6 Å². The maximum absolute atomic E-state index is 10.3. The lowest BCUT2D eigenvalue weighted by atomic mass is 9.78. The van der Waals surface area contributed by atoms with Crippen molar-refractivity contribution >= 4 is 23.2 Å². The predicted molar refractivity (Wildman–Crippen MR) is 134 cm³/mol. The van der Waals surface area contributed by atoms with Crippen molar-refractivity contribution in [3.8, 4) is 11.5 Å². The summed E-state index contributed by atoms with van der Waals surface area (Å²) >= 11 is 12.0. The highest BCUT2D eigenvalue weighted by Gasteiger charge is 2.24. The largest absolute Gasteiger partial charge is 0.491 e. The second kappa shape index (κ2) is 12.1. The van der Waals surface area contributed by atoms with E-state index in [1.807, 2.05) is 36.4 Å². The number of benzene rings is 2. The molecule has 190 valence electrons. The van der Waals surface area contributed by atoms with Gasteiger partial charge in [-0.3, -0.25) is 0 Å². The number of hydrogen-bond donors (Lipinski definition) is 3. The topological polar surface area (TPSA) is 110 Å². The van der Waals surface area contributed by atoms with Crippen molar-refractivity contribution in [2.45, 2.75) is 51.5 Å². The number of halogens is 2. The lowest BCUT2D eigenvalue weighted by Gasteiger charge is -2.27. The maximum Gasteiger partial charge on any atom is 0.138 e. The van der Waals surface area contributed by atoms with Gasteiger partial charge in [0.05, 0.1) is 29.7 Å². The molecule has 0 aliphatic rings. The third kappa shape index (κ3) is 6.86. The highest BCUT2D eigenvalue weighted by Crippen LogP contribution is 2.36. The summed E-state index contributed by atoms with van der Waals surface area (Å²) in [6.45, 7) is 6.17. The van der Waals surface area contributed by atoms with Crippen molar-refractivity contribution in [1.29, 1.82) is 0 Å². The van der Waals surface area contributed by atoms with Gasteiger partial charge in [-0.2, -0.15) is 0 Å². The second-order valence-corrected chi connectivity index (χ2v) is 9.56. The lowest BCUT2D eigenvalue weighted by molar-refractivity contribution is 0.0882. The predicted octanol–water partition coefficient (Wildman–Crippen LogP) is 3.48. The van der Waals surface area contributed by atoms with E-state index in [0.717, 1.165) is 11.1 Å². The zero-order valence-electron chi connectivity index (χ0n) is 20.0. The minimum Gasteiger partial charge on any atom is -0.491 e. The van der Waals surface area contributed by atoms with E-state index in [4.69, 9.17) is 32.7 Å². The van der Waals surface area contributed by atoms with E-state index >= 15 is 0 Å². The number of hydrogen-bond acceptors (Lipinski definition) is 7. The van der Waals surface area contributed by atoms with Crippen molar-refractivity contribution in [1.82, 2.24) is 15.0 Å². The normalized spacial score (nSPS) is 13.5. The van der Waals surface area contributed by atoms with Gasteiger partial charge >= 0.3 is 0 Å². The van der Waals surface area contributed by atoms with Crippen molar-refractivity contribution in [3.63, 3.8) is 0 Å². The minimum absolute atomic E-state index is 0.0737. The molecule has 10 heteroatoms. The quantitative estimate of drug-likeness (QED) is 0.311. The van der Waals surface area contributed by atoms with Crippen LogP contribution in [0.2, 0.25) is 5.02 Å². The first-order chi connectivity index (χ1) is 16.6. The van der Waals surface area contributed by atoms with Crippen LogP contribution in [-0.2, 0) is 18.6 Å². The summed E-state index contributed by atoms with van der Waals surface area (Å²) in [6, 6.07) is 13.3. The third-order valence-corrected chi connectivity index (χ3v) is 6.54. The molecule has 2 atom stereocenters. The van der Waals surface area contributed by atoms with Gasteiger partial charge in [-0.15, -0.1) is 16.7 Å². The number of nitrogens with zero attached hydrogens (tertiary/aromatic N) is 3. The molecule has 3 rings (SSSR count). The van der Waals surface area contributed by atoms with Gasteiger partial charge in [0.2, 0.25) is 0 Å². The molecule has 0 aliphatic heterocycles. The number of ether oxygens (including phenoxy) is 2. The van der Waals surface area contributed by atoms with Gasteiger partial charge in [-0.1, -0.05) is 48.9 Å². The Kier molecular flexibility index (Phi) is 9.38. The van der Waals surface area contributed by atoms with Crippen LogP contribution < -0.4 is 9.47 Å². The first-order valence-electron chi connectivity index (χ1n) is 11.2. The molecule has 3 N–H and O–H groups in total. The lowest BCUT2D eigenvalue weighted by Crippen LogP contribution is -2.25. The fourth-order valence-electron chi connectivity index (χ4n) is 3.53. The summed E-state index contributed by atoms with van der Waals surface area (Å²) in [5.41, 5.74) is 2.92. The van der Waals surface area contributed by atoms with E-state index in [-0.39, 0.29) is 37.7 Å². The molecular weight excluding hydrogens is 493 g/mol. The first-order valence-corrected chi connectivity index (χ1v) is 12.1. The standard InChI is InChI=1S/C25H31Cl2N3O5/c1-16-23(13-31)28-29-30(16)12-20(33)15-34-21-7-4-17(5-8-21)25(2,3)18-6-9-24(22(27)10-18)35-14-19(32)11-26/h4-10,19-20,31-33H,11-15H2,1-3H3/t19-,20+/m0/s1. The number of aliphatic hydroxyl groups excluding tert-OH is 3.